The van der Waals surface area contributed by atoms with Gasteiger partial charge in [-0.1, -0.05) is 62.2 Å². The maximum absolute atomic E-state index is 14.6. The van der Waals surface area contributed by atoms with E-state index in [1.807, 2.05) is 49.1 Å². The highest BCUT2D eigenvalue weighted by molar-refractivity contribution is 5.91. The summed E-state index contributed by atoms with van der Waals surface area (Å²) < 4.78 is 27.5. The fourth-order valence-corrected chi connectivity index (χ4v) is 5.28. The molecule has 1 aliphatic heterocycles. The number of amides is 2. The van der Waals surface area contributed by atoms with Crippen LogP contribution >= 0.6 is 0 Å². The third-order valence-electron chi connectivity index (χ3n) is 8.18. The summed E-state index contributed by atoms with van der Waals surface area (Å²) in [5, 5.41) is 2.91. The van der Waals surface area contributed by atoms with E-state index in [0.29, 0.717) is 38.5 Å². The van der Waals surface area contributed by atoms with Crippen LogP contribution in [0.3, 0.4) is 0 Å². The van der Waals surface area contributed by atoms with Gasteiger partial charge in [0.25, 0.3) is 0 Å². The average Bonchev–Trinajstić information content (AvgIpc) is 3.11. The van der Waals surface area contributed by atoms with Crippen LogP contribution in [0.5, 0.6) is 5.75 Å². The Morgan fingerprint density at radius 3 is 2.30 bits per heavy atom. The molecule has 272 valence electrons. The number of aryl methyl sites for hydroxylation is 1. The topological polar surface area (TPSA) is 133 Å². The fraction of sp³-hybridized carbons (Fsp3) is 0.526. The smallest absolute Gasteiger partial charge is 0.339 e. The Balaban J connectivity index is 1.92. The van der Waals surface area contributed by atoms with Crippen LogP contribution in [0.2, 0.25) is 0 Å². The van der Waals surface area contributed by atoms with E-state index in [4.69, 9.17) is 30.1 Å². The van der Waals surface area contributed by atoms with E-state index in [1.165, 1.54) is 18.7 Å². The number of nitrogens with zero attached hydrogens (tertiary/aromatic N) is 2. The molecule has 1 fully saturated rings. The Morgan fingerprint density at radius 2 is 1.68 bits per heavy atom. The maximum atomic E-state index is 14.6. The minimum absolute atomic E-state index is 0.0556. The van der Waals surface area contributed by atoms with Crippen molar-refractivity contribution in [2.45, 2.75) is 71.2 Å². The Kier molecular flexibility index (Phi) is 16.2. The Labute approximate surface area is 295 Å². The number of carbonyl (C=O) groups excluding carboxylic acids is 4. The van der Waals surface area contributed by atoms with E-state index in [-0.39, 0.29) is 44.4 Å². The number of morpholine rings is 1. The van der Waals surface area contributed by atoms with Crippen molar-refractivity contribution in [2.75, 3.05) is 53.3 Å². The second-order valence-corrected chi connectivity index (χ2v) is 13.0. The van der Waals surface area contributed by atoms with E-state index in [1.54, 1.807) is 31.4 Å². The maximum Gasteiger partial charge on any atom is 0.339 e. The van der Waals surface area contributed by atoms with Gasteiger partial charge in [-0.15, -0.1) is 6.42 Å². The number of ether oxygens (including phenoxy) is 5. The molecule has 50 heavy (non-hydrogen) atoms. The molecule has 1 saturated heterocycles. The molecular formula is C38H51N3O9. The highest BCUT2D eigenvalue weighted by Gasteiger charge is 2.38. The molecule has 1 N–H and O–H groups in total. The molecule has 3 rings (SSSR count). The van der Waals surface area contributed by atoms with Gasteiger partial charge >= 0.3 is 11.9 Å². The van der Waals surface area contributed by atoms with E-state index in [9.17, 15) is 19.2 Å². The monoisotopic (exact) mass is 693 g/mol. The second kappa shape index (κ2) is 20.3. The lowest BCUT2D eigenvalue weighted by molar-refractivity contribution is -0.179. The fourth-order valence-electron chi connectivity index (χ4n) is 5.28. The van der Waals surface area contributed by atoms with Gasteiger partial charge in [-0.05, 0) is 62.3 Å². The quantitative estimate of drug-likeness (QED) is 0.133. The van der Waals surface area contributed by atoms with Gasteiger partial charge in [-0.2, -0.15) is 0 Å². The largest absolute Gasteiger partial charge is 0.497 e. The molecule has 2 amide bonds. The highest BCUT2D eigenvalue weighted by atomic mass is 16.6. The van der Waals surface area contributed by atoms with Gasteiger partial charge in [-0.25, -0.2) is 9.59 Å². The van der Waals surface area contributed by atoms with E-state index in [2.05, 4.69) is 11.2 Å². The van der Waals surface area contributed by atoms with Gasteiger partial charge in [0.1, 0.15) is 31.0 Å². The molecule has 0 bridgehead atoms. The number of nitrogens with one attached hydrogen (secondary N) is 1. The molecule has 1 aliphatic rings. The Hall–Kier alpha value is -4.44. The second-order valence-electron chi connectivity index (χ2n) is 13.0. The first-order chi connectivity index (χ1) is 23.9. The Bertz CT molecular complexity index is 1420. The summed E-state index contributed by atoms with van der Waals surface area (Å²) >= 11 is 0. The van der Waals surface area contributed by atoms with Crippen molar-refractivity contribution in [1.29, 1.82) is 0 Å². The zero-order valence-electron chi connectivity index (χ0n) is 29.9. The minimum Gasteiger partial charge on any atom is -0.497 e. The molecule has 2 aromatic rings. The third-order valence-corrected chi connectivity index (χ3v) is 8.18. The summed E-state index contributed by atoms with van der Waals surface area (Å²) in [4.78, 5) is 58.2. The van der Waals surface area contributed by atoms with Crippen LogP contribution in [0.1, 0.15) is 51.7 Å². The standard InChI is InChI=1S/C38H51N3O9/c1-7-21-50-38(4,5)37(45)49-27-41(33(24-28(2)3)36(44)48-26-30-13-16-31(46-6)17-14-30)35(43)32(18-15-29-11-9-8-10-12-29)39-34(42)25-40-19-22-47-23-20-40/h1,8-14,16-17,28,32-33H,15,18-27H2,2-6H3,(H,39,42)/t32-,33?/m0/s1. The third kappa shape index (κ3) is 13.1. The molecule has 0 aliphatic carbocycles. The highest BCUT2D eigenvalue weighted by Crippen LogP contribution is 2.20. The molecule has 0 saturated carbocycles. The van der Waals surface area contributed by atoms with E-state index < -0.39 is 42.3 Å². The predicted octanol–water partition coefficient (Wildman–Crippen LogP) is 3.36. The van der Waals surface area contributed by atoms with Crippen molar-refractivity contribution < 1.29 is 42.9 Å². The van der Waals surface area contributed by atoms with Crippen LogP contribution < -0.4 is 10.1 Å². The molecule has 1 unspecified atom stereocenters. The van der Waals surface area contributed by atoms with Crippen LogP contribution in [0.15, 0.2) is 54.6 Å². The van der Waals surface area contributed by atoms with Crippen LogP contribution in [0.4, 0.5) is 0 Å². The summed E-state index contributed by atoms with van der Waals surface area (Å²) in [6.07, 6.45) is 6.22. The molecule has 0 spiro atoms. The summed E-state index contributed by atoms with van der Waals surface area (Å²) in [6, 6.07) is 14.4. The molecule has 12 heteroatoms. The van der Waals surface area contributed by atoms with Gasteiger partial charge in [-0.3, -0.25) is 19.4 Å². The summed E-state index contributed by atoms with van der Waals surface area (Å²) in [7, 11) is 1.56. The molecule has 12 nitrogen and oxygen atoms in total. The normalized spacial score (nSPS) is 14.6. The lowest BCUT2D eigenvalue weighted by Crippen LogP contribution is -2.57. The van der Waals surface area contributed by atoms with Crippen LogP contribution in [-0.4, -0.2) is 105 Å². The number of rotatable bonds is 19. The minimum atomic E-state index is -1.43. The van der Waals surface area contributed by atoms with Crippen molar-refractivity contribution in [1.82, 2.24) is 15.1 Å². The average molecular weight is 694 g/mol. The summed E-state index contributed by atoms with van der Waals surface area (Å²) in [5.41, 5.74) is 0.258. The molecular weight excluding hydrogens is 642 g/mol. The number of hydrogen-bond acceptors (Lipinski definition) is 10. The molecule has 0 radical (unpaired) electrons. The van der Waals surface area contributed by atoms with Crippen LogP contribution in [-0.2, 0) is 51.2 Å². The number of terminal acetylenes is 1. The van der Waals surface area contributed by atoms with Crippen molar-refractivity contribution in [2.24, 2.45) is 5.92 Å². The van der Waals surface area contributed by atoms with E-state index >= 15 is 0 Å². The van der Waals surface area contributed by atoms with Crippen LogP contribution in [0.25, 0.3) is 0 Å². The van der Waals surface area contributed by atoms with Gasteiger partial charge in [0.05, 0.1) is 26.9 Å². The molecule has 1 heterocycles. The van der Waals surface area contributed by atoms with Gasteiger partial charge < -0.3 is 29.0 Å². The van der Waals surface area contributed by atoms with Gasteiger partial charge in [0.15, 0.2) is 12.3 Å². The number of methoxy groups -OCH3 is 1. The first-order valence-corrected chi connectivity index (χ1v) is 16.9. The van der Waals surface area contributed by atoms with Gasteiger partial charge in [0, 0.05) is 13.1 Å². The number of benzene rings is 2. The van der Waals surface area contributed by atoms with Crippen molar-refractivity contribution in [3.8, 4) is 18.1 Å². The first kappa shape index (κ1) is 40.0. The number of hydrogen-bond donors (Lipinski definition) is 1. The Morgan fingerprint density at radius 1 is 1.00 bits per heavy atom. The lowest BCUT2D eigenvalue weighted by Gasteiger charge is -2.35. The van der Waals surface area contributed by atoms with E-state index in [0.717, 1.165) is 11.1 Å². The van der Waals surface area contributed by atoms with Crippen LogP contribution in [0, 0.1) is 18.3 Å². The molecule has 2 atom stereocenters. The van der Waals surface area contributed by atoms with Crippen molar-refractivity contribution >= 4 is 23.8 Å². The van der Waals surface area contributed by atoms with Crippen molar-refractivity contribution in [3.05, 3.63) is 65.7 Å². The number of carbonyl (C=O) groups is 4. The first-order valence-electron chi connectivity index (χ1n) is 16.9. The SMILES string of the molecule is C#CCOC(C)(C)C(=O)OCN(C(=O)[C@H](CCc1ccccc1)NC(=O)CN1CCOCC1)C(CC(C)C)C(=O)OCc1ccc(OC)cc1. The molecule has 0 aromatic heterocycles. The summed E-state index contributed by atoms with van der Waals surface area (Å²) in [6.45, 7) is 8.33. The number of esters is 2. The zero-order valence-corrected chi connectivity index (χ0v) is 29.9. The predicted molar refractivity (Wildman–Crippen MR) is 187 cm³/mol. The lowest BCUT2D eigenvalue weighted by atomic mass is 10.00. The molecule has 2 aromatic carbocycles. The van der Waals surface area contributed by atoms with Gasteiger partial charge in [0.2, 0.25) is 11.8 Å². The summed E-state index contributed by atoms with van der Waals surface area (Å²) in [5.74, 6) is 0.533. The van der Waals surface area contributed by atoms with Crippen molar-refractivity contribution in [3.63, 3.8) is 0 Å². The zero-order chi connectivity index (χ0) is 36.5.